The lowest BCUT2D eigenvalue weighted by atomic mass is 10.1. The molecule has 3 rings (SSSR count). The summed E-state index contributed by atoms with van der Waals surface area (Å²) in [5.41, 5.74) is 0.411. The Balaban J connectivity index is 2.02. The molecule has 3 heterocycles. The smallest absolute Gasteiger partial charge is 0.410 e. The van der Waals surface area contributed by atoms with E-state index in [1.54, 1.807) is 24.1 Å². The largest absolute Gasteiger partial charge is 0.444 e. The number of aryl methyl sites for hydroxylation is 1. The topological polar surface area (TPSA) is 104 Å². The maximum Gasteiger partial charge on any atom is 0.410 e. The molecular formula is C21H28N6O3. The van der Waals surface area contributed by atoms with Crippen molar-refractivity contribution in [1.82, 2.24) is 19.4 Å². The third-order valence-electron chi connectivity index (χ3n) is 5.26. The Labute approximate surface area is 175 Å². The van der Waals surface area contributed by atoms with Crippen molar-refractivity contribution in [3.05, 3.63) is 28.3 Å². The summed E-state index contributed by atoms with van der Waals surface area (Å²) in [4.78, 5) is 37.7. The number of anilines is 1. The molecule has 1 unspecified atom stereocenters. The minimum atomic E-state index is -0.573. The second-order valence-corrected chi connectivity index (χ2v) is 8.65. The van der Waals surface area contributed by atoms with E-state index >= 15 is 0 Å². The van der Waals surface area contributed by atoms with Crippen LogP contribution in [0.3, 0.4) is 0 Å². The molecule has 160 valence electrons. The standard InChI is InChI=1S/C21H28N6O3/c1-7-15-12-26(13(2)11-27(15)20(29)30-21(3,4)5)18-17-16(25(6)19(28)24-18)9-8-14(10-22)23-17/h8-9,13,15H,7,11-12H2,1-6H3/t13?,15-/m0/s1. The van der Waals surface area contributed by atoms with Crippen molar-refractivity contribution >= 4 is 22.9 Å². The molecular weight excluding hydrogens is 384 g/mol. The second-order valence-electron chi connectivity index (χ2n) is 8.65. The first-order chi connectivity index (χ1) is 14.1. The first-order valence-electron chi connectivity index (χ1n) is 10.1. The van der Waals surface area contributed by atoms with Crippen molar-refractivity contribution < 1.29 is 9.53 Å². The predicted molar refractivity (Wildman–Crippen MR) is 113 cm³/mol. The fraction of sp³-hybridized carbons (Fsp3) is 0.571. The highest BCUT2D eigenvalue weighted by Gasteiger charge is 2.37. The van der Waals surface area contributed by atoms with E-state index in [0.717, 1.165) is 6.42 Å². The number of nitrogens with zero attached hydrogens (tertiary/aromatic N) is 6. The Bertz CT molecular complexity index is 1070. The normalized spacial score (nSPS) is 19.6. The van der Waals surface area contributed by atoms with Gasteiger partial charge in [0.15, 0.2) is 5.82 Å². The maximum atomic E-state index is 12.7. The van der Waals surface area contributed by atoms with E-state index in [4.69, 9.17) is 4.74 Å². The lowest BCUT2D eigenvalue weighted by Gasteiger charge is -2.45. The minimum absolute atomic E-state index is 0.101. The molecule has 0 bridgehead atoms. The molecule has 2 aromatic rings. The number of ether oxygens (including phenoxy) is 1. The Morgan fingerprint density at radius 3 is 2.60 bits per heavy atom. The fourth-order valence-corrected chi connectivity index (χ4v) is 3.70. The van der Waals surface area contributed by atoms with Gasteiger partial charge in [-0.2, -0.15) is 10.2 Å². The van der Waals surface area contributed by atoms with Crippen LogP contribution < -0.4 is 10.6 Å². The van der Waals surface area contributed by atoms with Crippen molar-refractivity contribution in [3.8, 4) is 6.07 Å². The summed E-state index contributed by atoms with van der Waals surface area (Å²) in [6.45, 7) is 10.5. The number of carbonyl (C=O) groups excluding carboxylic acids is 1. The van der Waals surface area contributed by atoms with Crippen LogP contribution in [0.4, 0.5) is 10.6 Å². The summed E-state index contributed by atoms with van der Waals surface area (Å²) < 4.78 is 7.01. The number of pyridine rings is 1. The van der Waals surface area contributed by atoms with Gasteiger partial charge in [0.05, 0.1) is 11.6 Å². The molecule has 1 aliphatic rings. The van der Waals surface area contributed by atoms with Gasteiger partial charge in [-0.1, -0.05) is 6.92 Å². The molecule has 0 saturated carbocycles. The van der Waals surface area contributed by atoms with Crippen molar-refractivity contribution in [2.24, 2.45) is 7.05 Å². The molecule has 30 heavy (non-hydrogen) atoms. The van der Waals surface area contributed by atoms with E-state index in [0.29, 0.717) is 29.9 Å². The Morgan fingerprint density at radius 2 is 2.00 bits per heavy atom. The zero-order valence-electron chi connectivity index (χ0n) is 18.3. The number of carbonyl (C=O) groups is 1. The summed E-state index contributed by atoms with van der Waals surface area (Å²) in [5, 5.41) is 9.27. The summed E-state index contributed by atoms with van der Waals surface area (Å²) in [6.07, 6.45) is 0.384. The summed E-state index contributed by atoms with van der Waals surface area (Å²) in [7, 11) is 1.63. The van der Waals surface area contributed by atoms with Crippen LogP contribution in [-0.2, 0) is 11.8 Å². The number of piperazine rings is 1. The van der Waals surface area contributed by atoms with E-state index in [2.05, 4.69) is 9.97 Å². The quantitative estimate of drug-likeness (QED) is 0.746. The zero-order valence-corrected chi connectivity index (χ0v) is 18.3. The molecule has 1 fully saturated rings. The van der Waals surface area contributed by atoms with Gasteiger partial charge in [0.25, 0.3) is 0 Å². The molecule has 2 atom stereocenters. The Hall–Kier alpha value is -3.15. The summed E-state index contributed by atoms with van der Waals surface area (Å²) >= 11 is 0. The molecule has 2 aromatic heterocycles. The highest BCUT2D eigenvalue weighted by Crippen LogP contribution is 2.28. The van der Waals surface area contributed by atoms with E-state index in [9.17, 15) is 14.9 Å². The number of aromatic nitrogens is 3. The highest BCUT2D eigenvalue weighted by atomic mass is 16.6. The number of rotatable bonds is 2. The van der Waals surface area contributed by atoms with Crippen LogP contribution in [0.5, 0.6) is 0 Å². The molecule has 0 radical (unpaired) electrons. The van der Waals surface area contributed by atoms with E-state index in [1.165, 1.54) is 4.57 Å². The number of nitriles is 1. The van der Waals surface area contributed by atoms with Gasteiger partial charge in [0.2, 0.25) is 0 Å². The van der Waals surface area contributed by atoms with Crippen molar-refractivity contribution in [3.63, 3.8) is 0 Å². The monoisotopic (exact) mass is 412 g/mol. The number of hydrogen-bond acceptors (Lipinski definition) is 7. The molecule has 9 nitrogen and oxygen atoms in total. The van der Waals surface area contributed by atoms with E-state index < -0.39 is 5.60 Å². The van der Waals surface area contributed by atoms with Crippen molar-refractivity contribution in [1.29, 1.82) is 5.26 Å². The van der Waals surface area contributed by atoms with Crippen LogP contribution in [0.2, 0.25) is 0 Å². The van der Waals surface area contributed by atoms with Crippen LogP contribution in [0.15, 0.2) is 16.9 Å². The van der Waals surface area contributed by atoms with Gasteiger partial charge in [0, 0.05) is 26.2 Å². The average molecular weight is 412 g/mol. The van der Waals surface area contributed by atoms with Gasteiger partial charge in [-0.3, -0.25) is 4.57 Å². The molecule has 1 amide bonds. The molecule has 1 saturated heterocycles. The second kappa shape index (κ2) is 7.94. The van der Waals surface area contributed by atoms with Gasteiger partial charge in [-0.15, -0.1) is 0 Å². The van der Waals surface area contributed by atoms with Crippen LogP contribution in [0.1, 0.15) is 46.7 Å². The highest BCUT2D eigenvalue weighted by molar-refractivity contribution is 5.86. The zero-order chi connectivity index (χ0) is 22.2. The first kappa shape index (κ1) is 21.6. The number of fused-ring (bicyclic) bond motifs is 1. The van der Waals surface area contributed by atoms with Crippen LogP contribution in [0, 0.1) is 11.3 Å². The average Bonchev–Trinajstić information content (AvgIpc) is 2.69. The lowest BCUT2D eigenvalue weighted by Crippen LogP contribution is -2.60. The molecule has 9 heteroatoms. The van der Waals surface area contributed by atoms with Gasteiger partial charge in [-0.05, 0) is 46.2 Å². The van der Waals surface area contributed by atoms with Gasteiger partial charge >= 0.3 is 11.8 Å². The third-order valence-corrected chi connectivity index (χ3v) is 5.26. The molecule has 1 aliphatic heterocycles. The predicted octanol–water partition coefficient (Wildman–Crippen LogP) is 2.42. The molecule has 0 N–H and O–H groups in total. The first-order valence-corrected chi connectivity index (χ1v) is 10.1. The third kappa shape index (κ3) is 4.08. The SMILES string of the molecule is CC[C@H]1CN(c2nc(=O)n(C)c3ccc(C#N)nc23)C(C)CN1C(=O)OC(C)(C)C. The van der Waals surface area contributed by atoms with E-state index in [1.807, 2.05) is 45.6 Å². The molecule has 0 spiro atoms. The number of hydrogen-bond donors (Lipinski definition) is 0. The summed E-state index contributed by atoms with van der Waals surface area (Å²) in [5.74, 6) is 0.444. The lowest BCUT2D eigenvalue weighted by molar-refractivity contribution is 0.0106. The fourth-order valence-electron chi connectivity index (χ4n) is 3.70. The van der Waals surface area contributed by atoms with Gasteiger partial charge < -0.3 is 14.5 Å². The Kier molecular flexibility index (Phi) is 5.70. The Morgan fingerprint density at radius 1 is 1.30 bits per heavy atom. The van der Waals surface area contributed by atoms with Crippen LogP contribution in [0.25, 0.3) is 11.0 Å². The van der Waals surface area contributed by atoms with Gasteiger partial charge in [0.1, 0.15) is 22.9 Å². The van der Waals surface area contributed by atoms with Crippen LogP contribution in [-0.4, -0.2) is 56.3 Å². The minimum Gasteiger partial charge on any atom is -0.444 e. The van der Waals surface area contributed by atoms with Crippen molar-refractivity contribution in [2.75, 3.05) is 18.0 Å². The summed E-state index contributed by atoms with van der Waals surface area (Å²) in [6, 6.07) is 5.13. The van der Waals surface area contributed by atoms with E-state index in [-0.39, 0.29) is 29.6 Å². The molecule has 0 aliphatic carbocycles. The molecule has 0 aromatic carbocycles. The van der Waals surface area contributed by atoms with Gasteiger partial charge in [-0.25, -0.2) is 14.6 Å². The van der Waals surface area contributed by atoms with Crippen LogP contribution >= 0.6 is 0 Å². The van der Waals surface area contributed by atoms with Crippen molar-refractivity contribution in [2.45, 2.75) is 58.7 Å². The maximum absolute atomic E-state index is 12.7. The number of amides is 1.